The predicted molar refractivity (Wildman–Crippen MR) is 105 cm³/mol. The molecule has 0 aromatic rings. The Kier molecular flexibility index (Phi) is 6.04. The van der Waals surface area contributed by atoms with Crippen LogP contribution in [-0.4, -0.2) is 80.9 Å². The lowest BCUT2D eigenvalue weighted by atomic mass is 9.68. The van der Waals surface area contributed by atoms with Crippen molar-refractivity contribution in [2.45, 2.75) is 65.6 Å². The number of ether oxygens (including phenoxy) is 2. The summed E-state index contributed by atoms with van der Waals surface area (Å²) in [5.41, 5.74) is 0.156. The second kappa shape index (κ2) is 7.36. The summed E-state index contributed by atoms with van der Waals surface area (Å²) in [6, 6.07) is -0.551. The number of hydrogen-bond acceptors (Lipinski definition) is 5. The molecule has 0 saturated heterocycles. The van der Waals surface area contributed by atoms with Gasteiger partial charge in [0.25, 0.3) is 6.04 Å². The maximum absolute atomic E-state index is 12.9. The number of hydrogen-bond donors (Lipinski definition) is 0. The van der Waals surface area contributed by atoms with Crippen molar-refractivity contribution in [3.63, 3.8) is 0 Å². The maximum atomic E-state index is 12.9. The molecule has 2 aliphatic rings. The summed E-state index contributed by atoms with van der Waals surface area (Å²) in [7, 11) is 8.23. The summed E-state index contributed by atoms with van der Waals surface area (Å²) >= 11 is 0. The fourth-order valence-corrected chi connectivity index (χ4v) is 6.30. The van der Waals surface area contributed by atoms with Crippen molar-refractivity contribution in [3.8, 4) is 0 Å². The first-order valence-electron chi connectivity index (χ1n) is 10.2. The van der Waals surface area contributed by atoms with E-state index in [1.807, 2.05) is 14.1 Å². The highest BCUT2D eigenvalue weighted by molar-refractivity contribution is 5.97. The van der Waals surface area contributed by atoms with Crippen molar-refractivity contribution >= 4 is 11.9 Å². The number of carbonyl (C=O) groups excluding carboxylic acids is 2. The number of esters is 2. The van der Waals surface area contributed by atoms with Crippen LogP contribution >= 0.6 is 0 Å². The highest BCUT2D eigenvalue weighted by Crippen LogP contribution is 2.68. The van der Waals surface area contributed by atoms with Crippen LogP contribution < -0.4 is 0 Å². The van der Waals surface area contributed by atoms with Gasteiger partial charge in [-0.1, -0.05) is 20.8 Å². The van der Waals surface area contributed by atoms with Gasteiger partial charge in [-0.15, -0.1) is 0 Å². The molecule has 0 heterocycles. The van der Waals surface area contributed by atoms with E-state index in [1.54, 1.807) is 13.8 Å². The van der Waals surface area contributed by atoms with Gasteiger partial charge in [0.2, 0.25) is 0 Å². The van der Waals surface area contributed by atoms with E-state index in [4.69, 9.17) is 9.47 Å². The summed E-state index contributed by atoms with van der Waals surface area (Å²) in [6.45, 7) is 11.1. The van der Waals surface area contributed by atoms with Crippen LogP contribution in [0.2, 0.25) is 0 Å². The van der Waals surface area contributed by atoms with Crippen molar-refractivity contribution in [3.05, 3.63) is 0 Å². The molecular formula is C21H39N2O4+. The molecule has 27 heavy (non-hydrogen) atoms. The first-order valence-corrected chi connectivity index (χ1v) is 10.2. The molecule has 0 aromatic carbocycles. The van der Waals surface area contributed by atoms with E-state index in [2.05, 4.69) is 39.8 Å². The highest BCUT2D eigenvalue weighted by Gasteiger charge is 2.73. The molecule has 0 aromatic heterocycles. The minimum atomic E-state index is -0.968. The third kappa shape index (κ3) is 3.19. The standard InChI is InChI=1S/C21H39N2O4/c1-10-26-18(24)16(19(25)27-11-2)23(8,9)17-15(22(6)7)14-12-13-21(17,5)20(14,3)4/h14-17H,10-13H2,1-9H3/q+1/t14-,15-,17-,21-/m1/s1. The van der Waals surface area contributed by atoms with Crippen molar-refractivity contribution in [1.29, 1.82) is 0 Å². The number of quaternary nitrogens is 1. The van der Waals surface area contributed by atoms with E-state index in [0.717, 1.165) is 6.42 Å². The van der Waals surface area contributed by atoms with Crippen LogP contribution in [0.4, 0.5) is 0 Å². The summed E-state index contributed by atoms with van der Waals surface area (Å²) < 4.78 is 10.9. The zero-order chi connectivity index (χ0) is 20.8. The molecule has 2 rings (SSSR count). The Hall–Kier alpha value is -1.14. The molecule has 0 N–H and O–H groups in total. The predicted octanol–water partition coefficient (Wildman–Crippen LogP) is 2.31. The van der Waals surface area contributed by atoms with Gasteiger partial charge in [-0.05, 0) is 52.1 Å². The quantitative estimate of drug-likeness (QED) is 0.384. The minimum absolute atomic E-state index is 0.0212. The lowest BCUT2D eigenvalue weighted by Gasteiger charge is -2.52. The molecule has 2 fully saturated rings. The number of likely N-dealkylation sites (N-methyl/N-ethyl adjacent to an activating group) is 2. The van der Waals surface area contributed by atoms with E-state index in [9.17, 15) is 9.59 Å². The summed E-state index contributed by atoms with van der Waals surface area (Å²) in [5, 5.41) is 0. The number of fused-ring (bicyclic) bond motifs is 2. The molecule has 2 bridgehead atoms. The molecule has 6 nitrogen and oxygen atoms in total. The van der Waals surface area contributed by atoms with E-state index in [-0.39, 0.29) is 34.6 Å². The Morgan fingerprint density at radius 2 is 1.56 bits per heavy atom. The van der Waals surface area contributed by atoms with Crippen LogP contribution in [0.15, 0.2) is 0 Å². The van der Waals surface area contributed by atoms with Crippen molar-refractivity contribution < 1.29 is 23.5 Å². The van der Waals surface area contributed by atoms with Crippen molar-refractivity contribution in [1.82, 2.24) is 4.90 Å². The Labute approximate surface area is 164 Å². The van der Waals surface area contributed by atoms with Crippen LogP contribution in [0.25, 0.3) is 0 Å². The Morgan fingerprint density at radius 3 is 1.96 bits per heavy atom. The third-order valence-corrected chi connectivity index (χ3v) is 7.76. The molecule has 4 atom stereocenters. The van der Waals surface area contributed by atoms with E-state index >= 15 is 0 Å². The van der Waals surface area contributed by atoms with E-state index < -0.39 is 18.0 Å². The Bertz CT molecular complexity index is 569. The van der Waals surface area contributed by atoms with Gasteiger partial charge in [0.15, 0.2) is 0 Å². The molecule has 0 amide bonds. The highest BCUT2D eigenvalue weighted by atomic mass is 16.6. The SMILES string of the molecule is CCOC(=O)C(C(=O)OCC)[N+](C)(C)[C@@H]1[C@H](N(C)C)[C@H]2CC[C@@]1(C)C2(C)C. The zero-order valence-electron chi connectivity index (χ0n) is 18.7. The second-order valence-corrected chi connectivity index (χ2v) is 9.72. The third-order valence-electron chi connectivity index (χ3n) is 7.76. The largest absolute Gasteiger partial charge is 0.461 e. The zero-order valence-corrected chi connectivity index (χ0v) is 18.7. The van der Waals surface area contributed by atoms with Gasteiger partial charge >= 0.3 is 11.9 Å². The number of nitrogens with zero attached hydrogens (tertiary/aromatic N) is 2. The van der Waals surface area contributed by atoms with Crippen LogP contribution in [-0.2, 0) is 19.1 Å². The minimum Gasteiger partial charge on any atom is -0.461 e. The normalized spacial score (nSPS) is 32.2. The van der Waals surface area contributed by atoms with Gasteiger partial charge in [0.1, 0.15) is 6.04 Å². The topological polar surface area (TPSA) is 55.8 Å². The van der Waals surface area contributed by atoms with E-state index in [0.29, 0.717) is 12.0 Å². The molecule has 2 saturated carbocycles. The molecule has 6 heteroatoms. The smallest absolute Gasteiger partial charge is 0.377 e. The monoisotopic (exact) mass is 383 g/mol. The van der Waals surface area contributed by atoms with Crippen LogP contribution in [0.1, 0.15) is 47.5 Å². The Morgan fingerprint density at radius 1 is 1.07 bits per heavy atom. The van der Waals surface area contributed by atoms with Gasteiger partial charge in [0.05, 0.1) is 33.4 Å². The van der Waals surface area contributed by atoms with E-state index in [1.165, 1.54) is 6.42 Å². The van der Waals surface area contributed by atoms with Gasteiger partial charge in [-0.2, -0.15) is 0 Å². The van der Waals surface area contributed by atoms with Crippen LogP contribution in [0.3, 0.4) is 0 Å². The van der Waals surface area contributed by atoms with Crippen LogP contribution in [0.5, 0.6) is 0 Å². The molecule has 0 aliphatic heterocycles. The summed E-state index contributed by atoms with van der Waals surface area (Å²) in [5.74, 6) is -0.435. The lowest BCUT2D eigenvalue weighted by Crippen LogP contribution is -2.70. The van der Waals surface area contributed by atoms with Crippen molar-refractivity contribution in [2.24, 2.45) is 16.7 Å². The van der Waals surface area contributed by atoms with Crippen LogP contribution in [0, 0.1) is 16.7 Å². The van der Waals surface area contributed by atoms with Gasteiger partial charge in [0, 0.05) is 5.41 Å². The first-order chi connectivity index (χ1) is 12.4. The average Bonchev–Trinajstić information content (AvgIpc) is 2.86. The fraction of sp³-hybridized carbons (Fsp3) is 0.905. The summed E-state index contributed by atoms with van der Waals surface area (Å²) in [4.78, 5) is 28.0. The first kappa shape index (κ1) is 22.2. The molecule has 156 valence electrons. The van der Waals surface area contributed by atoms with Gasteiger partial charge < -0.3 is 18.9 Å². The molecular weight excluding hydrogens is 344 g/mol. The lowest BCUT2D eigenvalue weighted by molar-refractivity contribution is -0.932. The van der Waals surface area contributed by atoms with Gasteiger partial charge in [-0.3, -0.25) is 0 Å². The molecule has 2 aliphatic carbocycles. The van der Waals surface area contributed by atoms with Crippen molar-refractivity contribution in [2.75, 3.05) is 41.4 Å². The van der Waals surface area contributed by atoms with Gasteiger partial charge in [-0.25, -0.2) is 9.59 Å². The fourth-order valence-electron chi connectivity index (χ4n) is 6.30. The number of carbonyl (C=O) groups is 2. The molecule has 0 spiro atoms. The Balaban J connectivity index is 2.55. The maximum Gasteiger partial charge on any atom is 0.377 e. The summed E-state index contributed by atoms with van der Waals surface area (Å²) in [6.07, 6.45) is 2.30. The number of rotatable bonds is 7. The second-order valence-electron chi connectivity index (χ2n) is 9.72. The average molecular weight is 384 g/mol. The molecule has 0 radical (unpaired) electrons. The molecule has 0 unspecified atom stereocenters.